The van der Waals surface area contributed by atoms with E-state index >= 15 is 0 Å². The van der Waals surface area contributed by atoms with Crippen molar-refractivity contribution >= 4 is 145 Å². The Morgan fingerprint density at radius 2 is 0.510 bits per heavy atom. The number of halogens is 5. The van der Waals surface area contributed by atoms with Gasteiger partial charge in [0.2, 0.25) is 17.7 Å². The molecule has 0 spiro atoms. The molecule has 5 amide bonds. The molecule has 0 fully saturated rings. The Kier molecular flexibility index (Phi) is 34.5. The lowest BCUT2D eigenvalue weighted by Gasteiger charge is -2.20. The first kappa shape index (κ1) is 106. The third-order valence-electron chi connectivity index (χ3n) is 26.6. The molecule has 754 valence electrons. The number of rotatable bonds is 20. The summed E-state index contributed by atoms with van der Waals surface area (Å²) >= 11 is 31.3. The van der Waals surface area contributed by atoms with Crippen LogP contribution in [-0.4, -0.2) is 128 Å². The van der Waals surface area contributed by atoms with E-state index in [1.165, 1.54) is 27.8 Å². The number of anilines is 5. The quantitative estimate of drug-likeness (QED) is 0.0357. The fourth-order valence-electron chi connectivity index (χ4n) is 18.2. The number of phenolic OH excluding ortho intramolecular Hbond substituents is 5. The van der Waals surface area contributed by atoms with Crippen molar-refractivity contribution in [3.05, 3.63) is 470 Å². The topological polar surface area (TPSA) is 291 Å². The Morgan fingerprint density at radius 1 is 0.262 bits per heavy atom. The fourth-order valence-corrected chi connectivity index (χ4v) is 19.0. The van der Waals surface area contributed by atoms with Gasteiger partial charge in [-0.15, -0.1) is 0 Å². The van der Waals surface area contributed by atoms with Crippen molar-refractivity contribution in [2.24, 2.45) is 25.0 Å². The monoisotopic (exact) mass is 2080 g/mol. The number of benzene rings is 15. The van der Waals surface area contributed by atoms with Crippen molar-refractivity contribution in [3.8, 4) is 28.7 Å². The minimum atomic E-state index is -0.581. The third kappa shape index (κ3) is 26.5. The second-order valence-corrected chi connectivity index (χ2v) is 39.9. The molecule has 8 N–H and O–H groups in total. The molecule has 0 saturated carbocycles. The van der Waals surface area contributed by atoms with E-state index in [-0.39, 0.29) is 58.3 Å². The molecular formula is C124H113Cl5N10O10. The van der Waals surface area contributed by atoms with Crippen LogP contribution in [-0.2, 0) is 75.3 Å². The Labute approximate surface area is 893 Å². The standard InChI is InChI=1S/4C25H23ClN2O2.C24H21ClN2O2/c1-15(2)17-5-3-16(4-6-17)13-23-25(30)28-22-12-9-19(26)14-21(22)24(27-23)18-7-10-20(29)11-8-18;1-15(2)18-5-3-4-16(12-18)13-23-25(30)28-22-11-8-19(26)14-21(22)24(27-23)17-6-9-20(29)10-7-17;1-3-16-4-6-17(7-5-16)14-22-25(30)28(2)23-13-10-19(26)15-21(23)24(27-22)18-8-11-20(29)12-9-18;1-3-16-5-4-6-17(13-16)14-22-25(30)28(2)23-12-9-19(26)15-21(23)24(27-22)18-7-10-20(29)11-8-18;1-2-15-3-5-16(6-4-15)13-22-24(29)27-21-12-9-18(25)14-20(21)23(26-22)17-7-10-19(28)11-8-17/h2*3-12,14-15,23,29H,13H2,1-2H3,(H,28,30);2*4-13,15,22,29H,3,14H2,1-2H3;3-12,14,22,28H,2,13H2,1H3,(H,27,29). The highest BCUT2D eigenvalue weighted by Gasteiger charge is 2.36. The van der Waals surface area contributed by atoms with Gasteiger partial charge in [0.25, 0.3) is 11.8 Å². The number of nitrogens with zero attached hydrogens (tertiary/aromatic N) is 7. The Balaban J connectivity index is 0.000000133. The Morgan fingerprint density at radius 3 is 0.826 bits per heavy atom. The predicted octanol–water partition coefficient (Wildman–Crippen LogP) is 26.2. The van der Waals surface area contributed by atoms with Crippen LogP contribution in [0.1, 0.15) is 172 Å². The van der Waals surface area contributed by atoms with Crippen molar-refractivity contribution in [2.45, 2.75) is 142 Å². The van der Waals surface area contributed by atoms with Gasteiger partial charge in [0.05, 0.1) is 57.0 Å². The molecule has 149 heavy (non-hydrogen) atoms. The Bertz CT molecular complexity index is 7610. The van der Waals surface area contributed by atoms with Gasteiger partial charge in [-0.25, -0.2) is 0 Å². The zero-order chi connectivity index (χ0) is 105. The maximum Gasteiger partial charge on any atom is 0.251 e. The average Bonchev–Trinajstić information content (AvgIpc) is 1.67. The number of likely N-dealkylation sites (N-methyl/N-ethyl adjacent to an activating group) is 2. The molecule has 5 aliphatic rings. The number of phenols is 5. The lowest BCUT2D eigenvalue weighted by atomic mass is 9.97. The molecule has 0 aromatic heterocycles. The minimum absolute atomic E-state index is 0.0609. The zero-order valence-corrected chi connectivity index (χ0v) is 87.5. The SMILES string of the molecule is CC(C)c1ccc(CC2N=C(c3ccc(O)cc3)c3cc(Cl)ccc3NC2=O)cc1.CC(C)c1cccc(CC2N=C(c3ccc(O)cc3)c3cc(Cl)ccc3NC2=O)c1.CCc1ccc(CC2N=C(c3ccc(O)cc3)c3cc(Cl)ccc3N(C)C2=O)cc1.CCc1ccc(CC2N=C(c3ccc(O)cc3)c3cc(Cl)ccc3NC2=O)cc1.CCc1cccc(CC2N=C(c3ccc(O)cc3)c3cc(Cl)ccc3N(C)C2=O)c1. The van der Waals surface area contributed by atoms with Crippen molar-refractivity contribution < 1.29 is 49.5 Å². The van der Waals surface area contributed by atoms with Crippen LogP contribution in [0, 0.1) is 0 Å². The summed E-state index contributed by atoms with van der Waals surface area (Å²) in [6.45, 7) is 15.0. The summed E-state index contributed by atoms with van der Waals surface area (Å²) in [4.78, 5) is 93.3. The lowest BCUT2D eigenvalue weighted by molar-refractivity contribution is -0.120. The molecule has 5 aliphatic heterocycles. The van der Waals surface area contributed by atoms with Gasteiger partial charge in [0, 0.05) is 127 Å². The van der Waals surface area contributed by atoms with Gasteiger partial charge in [-0.3, -0.25) is 48.9 Å². The van der Waals surface area contributed by atoms with Crippen molar-refractivity contribution in [1.29, 1.82) is 0 Å². The number of hydrogen-bond donors (Lipinski definition) is 8. The first-order chi connectivity index (χ1) is 71.7. The number of aliphatic imine (C=N–C) groups is 5. The maximum atomic E-state index is 13.3. The van der Waals surface area contributed by atoms with Gasteiger partial charge >= 0.3 is 0 Å². The van der Waals surface area contributed by atoms with E-state index in [4.69, 9.17) is 83.0 Å². The summed E-state index contributed by atoms with van der Waals surface area (Å²) < 4.78 is 0. The van der Waals surface area contributed by atoms with Gasteiger partial charge in [0.15, 0.2) is 0 Å². The van der Waals surface area contributed by atoms with E-state index < -0.39 is 30.2 Å². The Hall–Kier alpha value is -15.6. The van der Waals surface area contributed by atoms with Crippen LogP contribution in [0.3, 0.4) is 0 Å². The number of hydrogen-bond acceptors (Lipinski definition) is 15. The minimum Gasteiger partial charge on any atom is -0.508 e. The van der Waals surface area contributed by atoms with Gasteiger partial charge in [-0.05, 0) is 299 Å². The maximum absolute atomic E-state index is 13.3. The van der Waals surface area contributed by atoms with Crippen LogP contribution in [0.4, 0.5) is 28.4 Å². The fraction of sp³-hybridized carbons (Fsp3) is 0.194. The molecule has 5 unspecified atom stereocenters. The van der Waals surface area contributed by atoms with Crippen LogP contribution in [0.5, 0.6) is 28.7 Å². The average molecular weight is 2080 g/mol. The molecule has 25 heteroatoms. The molecule has 20 nitrogen and oxygen atoms in total. The van der Waals surface area contributed by atoms with E-state index in [0.29, 0.717) is 115 Å². The number of aromatic hydroxyl groups is 5. The number of nitrogens with one attached hydrogen (secondary N) is 3. The summed E-state index contributed by atoms with van der Waals surface area (Å²) in [7, 11) is 3.55. The van der Waals surface area contributed by atoms with Crippen LogP contribution >= 0.6 is 58.0 Å². The second kappa shape index (κ2) is 48.4. The smallest absolute Gasteiger partial charge is 0.251 e. The molecule has 0 saturated heterocycles. The molecule has 0 bridgehead atoms. The number of benzodiazepines with no additional fused rings is 5. The van der Waals surface area contributed by atoms with Crippen molar-refractivity contribution in [2.75, 3.05) is 39.8 Å². The van der Waals surface area contributed by atoms with Crippen molar-refractivity contribution in [3.63, 3.8) is 0 Å². The largest absolute Gasteiger partial charge is 0.508 e. The molecule has 20 rings (SSSR count). The highest BCUT2D eigenvalue weighted by Crippen LogP contribution is 2.39. The van der Waals surface area contributed by atoms with E-state index in [9.17, 15) is 49.5 Å². The van der Waals surface area contributed by atoms with Gasteiger partial charge < -0.3 is 51.3 Å². The summed E-state index contributed by atoms with van der Waals surface area (Å²) in [5, 5.41) is 60.3. The number of fused-ring (bicyclic) bond motifs is 5. The van der Waals surface area contributed by atoms with E-state index in [2.05, 4.69) is 161 Å². The molecule has 0 radical (unpaired) electrons. The van der Waals surface area contributed by atoms with Gasteiger partial charge in [-0.2, -0.15) is 0 Å². The van der Waals surface area contributed by atoms with Crippen molar-refractivity contribution in [1.82, 2.24) is 0 Å². The zero-order valence-electron chi connectivity index (χ0n) is 83.8. The predicted molar refractivity (Wildman–Crippen MR) is 605 cm³/mol. The molecule has 5 heterocycles. The van der Waals surface area contributed by atoms with Crippen LogP contribution < -0.4 is 25.8 Å². The lowest BCUT2D eigenvalue weighted by Crippen LogP contribution is -2.36. The second-order valence-electron chi connectivity index (χ2n) is 37.7. The summed E-state index contributed by atoms with van der Waals surface area (Å²) in [5.74, 6) is 1.18. The normalized spacial score (nSPS) is 16.0. The van der Waals surface area contributed by atoms with E-state index in [0.717, 1.165) is 114 Å². The van der Waals surface area contributed by atoms with Crippen LogP contribution in [0.25, 0.3) is 0 Å². The van der Waals surface area contributed by atoms with Crippen LogP contribution in [0.2, 0.25) is 25.1 Å². The number of carbonyl (C=O) groups excluding carboxylic acids is 5. The molecule has 15 aromatic rings. The van der Waals surface area contributed by atoms with Gasteiger partial charge in [0.1, 0.15) is 59.0 Å². The molecule has 5 atom stereocenters. The molecule has 15 aromatic carbocycles. The number of aryl methyl sites for hydroxylation is 3. The highest BCUT2D eigenvalue weighted by molar-refractivity contribution is 6.35. The van der Waals surface area contributed by atoms with E-state index in [1.807, 2.05) is 84.9 Å². The first-order valence-electron chi connectivity index (χ1n) is 49.5. The molecule has 0 aliphatic carbocycles. The first-order valence-corrected chi connectivity index (χ1v) is 51.4. The number of amides is 5. The summed E-state index contributed by atoms with van der Waals surface area (Å²) in [6.07, 6.45) is 5.41. The summed E-state index contributed by atoms with van der Waals surface area (Å²) in [6, 6.07) is 99.9. The van der Waals surface area contributed by atoms with Gasteiger partial charge in [-0.1, -0.05) is 228 Å². The summed E-state index contributed by atoms with van der Waals surface area (Å²) in [5.41, 5.74) is 26.5. The highest BCUT2D eigenvalue weighted by atomic mass is 35.5. The van der Waals surface area contributed by atoms with Crippen LogP contribution in [0.15, 0.2) is 359 Å². The molecular weight excluding hydrogens is 1970 g/mol. The third-order valence-corrected chi connectivity index (χ3v) is 27.7. The van der Waals surface area contributed by atoms with E-state index in [1.54, 1.807) is 176 Å². The number of carbonyl (C=O) groups is 5.